The third kappa shape index (κ3) is 2.98. The number of carbonyl (C=O) groups excluding carboxylic acids is 1. The zero-order chi connectivity index (χ0) is 17.2. The van der Waals surface area contributed by atoms with Crippen molar-refractivity contribution in [1.29, 1.82) is 0 Å². The fourth-order valence-corrected chi connectivity index (χ4v) is 3.19. The summed E-state index contributed by atoms with van der Waals surface area (Å²) in [6.45, 7) is 2.80. The molecule has 0 radical (unpaired) electrons. The van der Waals surface area contributed by atoms with Gasteiger partial charge in [0.05, 0.1) is 17.5 Å². The van der Waals surface area contributed by atoms with Gasteiger partial charge in [-0.2, -0.15) is 0 Å². The van der Waals surface area contributed by atoms with Crippen molar-refractivity contribution in [3.8, 4) is 0 Å². The van der Waals surface area contributed by atoms with Gasteiger partial charge in [0.15, 0.2) is 0 Å². The molecule has 0 atom stereocenters. The molecule has 0 bridgehead atoms. The van der Waals surface area contributed by atoms with Crippen LogP contribution in [0.1, 0.15) is 12.5 Å². The summed E-state index contributed by atoms with van der Waals surface area (Å²) in [6, 6.07) is 22.2. The van der Waals surface area contributed by atoms with Crippen LogP contribution in [0.5, 0.6) is 0 Å². The molecule has 124 valence electrons. The van der Waals surface area contributed by atoms with Gasteiger partial charge in [0.2, 0.25) is 11.9 Å². The van der Waals surface area contributed by atoms with Crippen LogP contribution in [0, 0.1) is 0 Å². The van der Waals surface area contributed by atoms with Crippen LogP contribution in [0.25, 0.3) is 21.8 Å². The highest BCUT2D eigenvalue weighted by molar-refractivity contribution is 5.93. The Balaban J connectivity index is 1.57. The van der Waals surface area contributed by atoms with Gasteiger partial charge in [-0.25, -0.2) is 4.98 Å². The minimum Gasteiger partial charge on any atom is -0.310 e. The maximum absolute atomic E-state index is 12.5. The van der Waals surface area contributed by atoms with Crippen LogP contribution in [-0.2, 0) is 17.8 Å². The van der Waals surface area contributed by atoms with Crippen molar-refractivity contribution in [2.45, 2.75) is 19.9 Å². The summed E-state index contributed by atoms with van der Waals surface area (Å²) < 4.78 is 2.02. The molecule has 0 spiro atoms. The average Bonchev–Trinajstić information content (AvgIpc) is 2.98. The van der Waals surface area contributed by atoms with Crippen LogP contribution in [0.2, 0.25) is 0 Å². The first-order valence-electron chi connectivity index (χ1n) is 8.47. The van der Waals surface area contributed by atoms with E-state index in [9.17, 15) is 4.79 Å². The topological polar surface area (TPSA) is 46.9 Å². The zero-order valence-electron chi connectivity index (χ0n) is 14.1. The fourth-order valence-electron chi connectivity index (χ4n) is 3.19. The van der Waals surface area contributed by atoms with Gasteiger partial charge in [-0.3, -0.25) is 10.1 Å². The van der Waals surface area contributed by atoms with E-state index in [0.717, 1.165) is 28.5 Å². The van der Waals surface area contributed by atoms with E-state index in [1.54, 1.807) is 0 Å². The maximum atomic E-state index is 12.5. The third-order valence-electron chi connectivity index (χ3n) is 4.40. The molecule has 4 heteroatoms. The second kappa shape index (κ2) is 6.40. The number of para-hydroxylation sites is 2. The Bertz CT molecular complexity index is 1070. The quantitative estimate of drug-likeness (QED) is 0.603. The van der Waals surface area contributed by atoms with Gasteiger partial charge in [-0.1, -0.05) is 54.6 Å². The van der Waals surface area contributed by atoms with E-state index in [1.165, 1.54) is 5.39 Å². The van der Waals surface area contributed by atoms with Gasteiger partial charge in [-0.15, -0.1) is 0 Å². The van der Waals surface area contributed by atoms with E-state index in [1.807, 2.05) is 54.0 Å². The zero-order valence-corrected chi connectivity index (χ0v) is 14.1. The molecule has 25 heavy (non-hydrogen) atoms. The fraction of sp³-hybridized carbons (Fsp3) is 0.143. The molecule has 1 amide bonds. The number of anilines is 1. The van der Waals surface area contributed by atoms with Gasteiger partial charge in [0.25, 0.3) is 0 Å². The lowest BCUT2D eigenvalue weighted by Crippen LogP contribution is -2.17. The first-order chi connectivity index (χ1) is 12.2. The van der Waals surface area contributed by atoms with Crippen molar-refractivity contribution in [1.82, 2.24) is 9.55 Å². The average molecular weight is 329 g/mol. The summed E-state index contributed by atoms with van der Waals surface area (Å²) in [6.07, 6.45) is 0.331. The molecule has 0 saturated heterocycles. The molecular weight excluding hydrogens is 310 g/mol. The first-order valence-corrected chi connectivity index (χ1v) is 8.47. The van der Waals surface area contributed by atoms with Crippen LogP contribution in [0.3, 0.4) is 0 Å². The van der Waals surface area contributed by atoms with E-state index in [2.05, 4.69) is 34.6 Å². The van der Waals surface area contributed by atoms with Gasteiger partial charge < -0.3 is 4.57 Å². The second-order valence-electron chi connectivity index (χ2n) is 6.07. The SMILES string of the molecule is CCn1c(NC(=O)Cc2ccc3ccccc3c2)nc2ccccc21. The molecule has 0 aliphatic rings. The molecule has 1 aromatic heterocycles. The lowest BCUT2D eigenvalue weighted by atomic mass is 10.1. The number of amides is 1. The molecule has 4 aromatic rings. The molecule has 0 aliphatic carbocycles. The van der Waals surface area contributed by atoms with Gasteiger partial charge in [0, 0.05) is 6.54 Å². The number of carbonyl (C=O) groups is 1. The van der Waals surface area contributed by atoms with Gasteiger partial charge >= 0.3 is 0 Å². The van der Waals surface area contributed by atoms with E-state index in [0.29, 0.717) is 12.4 Å². The molecule has 0 aliphatic heterocycles. The van der Waals surface area contributed by atoms with Crippen LogP contribution in [-0.4, -0.2) is 15.5 Å². The maximum Gasteiger partial charge on any atom is 0.231 e. The lowest BCUT2D eigenvalue weighted by Gasteiger charge is -2.08. The van der Waals surface area contributed by atoms with Crippen molar-refractivity contribution in [3.05, 3.63) is 72.3 Å². The Kier molecular flexibility index (Phi) is 3.94. The molecule has 0 fully saturated rings. The molecular formula is C21H19N3O. The number of hydrogen-bond donors (Lipinski definition) is 1. The Hall–Kier alpha value is -3.14. The number of aromatic nitrogens is 2. The highest BCUT2D eigenvalue weighted by Gasteiger charge is 2.12. The molecule has 3 aromatic carbocycles. The number of imidazole rings is 1. The highest BCUT2D eigenvalue weighted by atomic mass is 16.1. The number of nitrogens with one attached hydrogen (secondary N) is 1. The van der Waals surface area contributed by atoms with Crippen molar-refractivity contribution >= 4 is 33.7 Å². The Morgan fingerprint density at radius 1 is 1.00 bits per heavy atom. The number of aryl methyl sites for hydroxylation is 1. The van der Waals surface area contributed by atoms with Crippen molar-refractivity contribution < 1.29 is 4.79 Å². The monoisotopic (exact) mass is 329 g/mol. The molecule has 4 rings (SSSR count). The summed E-state index contributed by atoms with van der Waals surface area (Å²) in [7, 11) is 0. The summed E-state index contributed by atoms with van der Waals surface area (Å²) in [4.78, 5) is 17.0. The third-order valence-corrected chi connectivity index (χ3v) is 4.40. The minimum absolute atomic E-state index is 0.0553. The summed E-state index contributed by atoms with van der Waals surface area (Å²) >= 11 is 0. The summed E-state index contributed by atoms with van der Waals surface area (Å²) in [5.41, 5.74) is 2.92. The van der Waals surface area contributed by atoms with Crippen LogP contribution >= 0.6 is 0 Å². The number of rotatable bonds is 4. The normalized spacial score (nSPS) is 11.1. The molecule has 1 heterocycles. The second-order valence-corrected chi connectivity index (χ2v) is 6.07. The number of benzene rings is 3. The molecule has 1 N–H and O–H groups in total. The molecule has 0 unspecified atom stereocenters. The Morgan fingerprint density at radius 2 is 1.76 bits per heavy atom. The van der Waals surface area contributed by atoms with E-state index >= 15 is 0 Å². The largest absolute Gasteiger partial charge is 0.310 e. The predicted octanol–water partition coefficient (Wildman–Crippen LogP) is 4.39. The lowest BCUT2D eigenvalue weighted by molar-refractivity contribution is -0.115. The van der Waals surface area contributed by atoms with E-state index < -0.39 is 0 Å². The van der Waals surface area contributed by atoms with E-state index in [4.69, 9.17) is 0 Å². The van der Waals surface area contributed by atoms with Crippen LogP contribution in [0.4, 0.5) is 5.95 Å². The summed E-state index contributed by atoms with van der Waals surface area (Å²) in [5, 5.41) is 5.29. The first kappa shape index (κ1) is 15.4. The van der Waals surface area contributed by atoms with Gasteiger partial charge in [-0.05, 0) is 35.4 Å². The van der Waals surface area contributed by atoms with Crippen molar-refractivity contribution in [3.63, 3.8) is 0 Å². The van der Waals surface area contributed by atoms with Gasteiger partial charge in [0.1, 0.15) is 0 Å². The highest BCUT2D eigenvalue weighted by Crippen LogP contribution is 2.20. The minimum atomic E-state index is -0.0553. The predicted molar refractivity (Wildman–Crippen MR) is 102 cm³/mol. The summed E-state index contributed by atoms with van der Waals surface area (Å²) in [5.74, 6) is 0.551. The van der Waals surface area contributed by atoms with Crippen LogP contribution in [0.15, 0.2) is 66.7 Å². The number of hydrogen-bond acceptors (Lipinski definition) is 2. The number of fused-ring (bicyclic) bond motifs is 2. The number of nitrogens with zero attached hydrogens (tertiary/aromatic N) is 2. The van der Waals surface area contributed by atoms with Crippen molar-refractivity contribution in [2.75, 3.05) is 5.32 Å². The van der Waals surface area contributed by atoms with Crippen LogP contribution < -0.4 is 5.32 Å². The smallest absolute Gasteiger partial charge is 0.231 e. The van der Waals surface area contributed by atoms with E-state index in [-0.39, 0.29) is 5.91 Å². The molecule has 0 saturated carbocycles. The van der Waals surface area contributed by atoms with Crippen molar-refractivity contribution in [2.24, 2.45) is 0 Å². The Morgan fingerprint density at radius 3 is 2.60 bits per heavy atom. The standard InChI is InChI=1S/C21H19N3O/c1-2-24-19-10-6-5-9-18(19)22-21(24)23-20(25)14-15-11-12-16-7-3-4-8-17(16)13-15/h3-13H,2,14H2,1H3,(H,22,23,25). The molecule has 4 nitrogen and oxygen atoms in total. The Labute approximate surface area is 146 Å².